The first-order valence-electron chi connectivity index (χ1n) is 13.3. The van der Waals surface area contributed by atoms with Gasteiger partial charge in [0, 0.05) is 43.6 Å². The number of hydrogen-bond donors (Lipinski definition) is 1. The molecule has 0 aromatic heterocycles. The van der Waals surface area contributed by atoms with E-state index >= 15 is 0 Å². The number of likely N-dealkylation sites (N-methyl/N-ethyl adjacent to an activating group) is 1. The van der Waals surface area contributed by atoms with Crippen LogP contribution in [0.2, 0.25) is 0 Å². The summed E-state index contributed by atoms with van der Waals surface area (Å²) in [6.45, 7) is 17.3. The Morgan fingerprint density at radius 2 is 1.75 bits per heavy atom. The Morgan fingerprint density at radius 3 is 2.33 bits per heavy atom. The van der Waals surface area contributed by atoms with Crippen LogP contribution in [0.15, 0.2) is 25.3 Å². The van der Waals surface area contributed by atoms with Crippen molar-refractivity contribution in [3.05, 3.63) is 25.3 Å². The standard InChI is InChI=1S/C28H45N3O4S/c1-8-16-29(7)23(33)20-21-24(34)30(18-12-10-11-13-19-32)22(28(21)15-14-27(20,6)36-28)25(35)31(17-9-2)26(3,4)5/h8-9,20-22,32H,1-2,10-19H2,3-7H3/t20-,21+,22?,27+,28?/m1/s1. The number of thioether (sulfide) groups is 1. The van der Waals surface area contributed by atoms with Gasteiger partial charge in [-0.25, -0.2) is 0 Å². The highest BCUT2D eigenvalue weighted by Gasteiger charge is 2.77. The fraction of sp³-hybridized carbons (Fsp3) is 0.750. The lowest BCUT2D eigenvalue weighted by molar-refractivity contribution is -0.146. The van der Waals surface area contributed by atoms with Crippen LogP contribution in [0, 0.1) is 11.8 Å². The first-order valence-corrected chi connectivity index (χ1v) is 14.1. The Hall–Kier alpha value is -1.80. The zero-order valence-corrected chi connectivity index (χ0v) is 23.6. The number of unbranched alkanes of at least 4 members (excludes halogenated alkanes) is 3. The molecule has 202 valence electrons. The second kappa shape index (κ2) is 10.9. The van der Waals surface area contributed by atoms with Crippen LogP contribution in [0.5, 0.6) is 0 Å². The SMILES string of the molecule is C=CCN(C)C(=O)[C@H]1[C@H]2C(=O)N(CCCCCCO)C(C(=O)N(CC=C)C(C)(C)C)C23CC[C@]1(C)S3. The van der Waals surface area contributed by atoms with Gasteiger partial charge < -0.3 is 19.8 Å². The minimum Gasteiger partial charge on any atom is -0.396 e. The Labute approximate surface area is 221 Å². The molecule has 3 rings (SSSR count). The highest BCUT2D eigenvalue weighted by Crippen LogP contribution is 2.71. The zero-order chi connectivity index (χ0) is 26.9. The van der Waals surface area contributed by atoms with E-state index in [1.807, 2.05) is 25.7 Å². The minimum atomic E-state index is -0.603. The molecule has 3 amide bonds. The highest BCUT2D eigenvalue weighted by molar-refractivity contribution is 8.02. The van der Waals surface area contributed by atoms with E-state index in [-0.39, 0.29) is 29.1 Å². The molecule has 3 fully saturated rings. The molecule has 1 spiro atoms. The van der Waals surface area contributed by atoms with Crippen molar-refractivity contribution in [2.45, 2.75) is 87.3 Å². The van der Waals surface area contributed by atoms with Gasteiger partial charge in [0.05, 0.1) is 16.6 Å². The van der Waals surface area contributed by atoms with Crippen LogP contribution in [0.25, 0.3) is 0 Å². The van der Waals surface area contributed by atoms with Gasteiger partial charge in [0.15, 0.2) is 0 Å². The number of nitrogens with zero attached hydrogens (tertiary/aromatic N) is 3. The third kappa shape index (κ3) is 4.87. The van der Waals surface area contributed by atoms with E-state index in [1.165, 1.54) is 0 Å². The summed E-state index contributed by atoms with van der Waals surface area (Å²) < 4.78 is -0.975. The summed E-state index contributed by atoms with van der Waals surface area (Å²) in [5, 5.41) is 9.12. The molecule has 0 radical (unpaired) electrons. The number of hydrogen-bond acceptors (Lipinski definition) is 5. The third-order valence-electron chi connectivity index (χ3n) is 8.25. The van der Waals surface area contributed by atoms with Crippen LogP contribution in [-0.2, 0) is 14.4 Å². The van der Waals surface area contributed by atoms with Crippen LogP contribution in [-0.4, -0.2) is 91.9 Å². The van der Waals surface area contributed by atoms with E-state index in [1.54, 1.807) is 40.8 Å². The molecule has 0 saturated carbocycles. The third-order valence-corrected chi connectivity index (χ3v) is 10.2. The van der Waals surface area contributed by atoms with Crippen LogP contribution in [0.3, 0.4) is 0 Å². The van der Waals surface area contributed by atoms with Crippen molar-refractivity contribution in [1.82, 2.24) is 14.7 Å². The lowest BCUT2D eigenvalue weighted by Crippen LogP contribution is -2.58. The van der Waals surface area contributed by atoms with E-state index in [4.69, 9.17) is 5.11 Å². The van der Waals surface area contributed by atoms with Crippen molar-refractivity contribution in [2.75, 3.05) is 33.3 Å². The molecule has 0 aliphatic carbocycles. The average Bonchev–Trinajstić information content (AvgIpc) is 3.36. The van der Waals surface area contributed by atoms with E-state index in [0.717, 1.165) is 38.5 Å². The molecule has 2 unspecified atom stereocenters. The predicted octanol–water partition coefficient (Wildman–Crippen LogP) is 3.48. The number of aliphatic hydroxyl groups is 1. The van der Waals surface area contributed by atoms with Crippen molar-refractivity contribution in [3.63, 3.8) is 0 Å². The molecule has 7 nitrogen and oxygen atoms in total. The molecule has 2 bridgehead atoms. The first-order chi connectivity index (χ1) is 16.9. The van der Waals surface area contributed by atoms with Crippen molar-refractivity contribution in [1.29, 1.82) is 0 Å². The number of amides is 3. The second-order valence-electron chi connectivity index (χ2n) is 11.8. The number of carbonyl (C=O) groups excluding carboxylic acids is 3. The zero-order valence-electron chi connectivity index (χ0n) is 22.8. The Bertz CT molecular complexity index is 887. The fourth-order valence-electron chi connectivity index (χ4n) is 6.56. The first kappa shape index (κ1) is 28.8. The van der Waals surface area contributed by atoms with E-state index in [2.05, 4.69) is 20.1 Å². The van der Waals surface area contributed by atoms with Gasteiger partial charge in [0.2, 0.25) is 17.7 Å². The monoisotopic (exact) mass is 519 g/mol. The number of fused-ring (bicyclic) bond motifs is 1. The molecule has 36 heavy (non-hydrogen) atoms. The molecule has 3 aliphatic heterocycles. The molecular formula is C28H45N3O4S. The number of rotatable bonds is 12. The quantitative estimate of drug-likeness (QED) is 0.315. The summed E-state index contributed by atoms with van der Waals surface area (Å²) in [6, 6.07) is -0.596. The second-order valence-corrected chi connectivity index (χ2v) is 13.7. The molecule has 8 heteroatoms. The summed E-state index contributed by atoms with van der Waals surface area (Å²) in [5.41, 5.74) is -0.430. The van der Waals surface area contributed by atoms with Crippen LogP contribution < -0.4 is 0 Å². The number of likely N-dealkylation sites (tertiary alicyclic amines) is 1. The Morgan fingerprint density at radius 1 is 1.11 bits per heavy atom. The normalized spacial score (nSPS) is 30.9. The summed E-state index contributed by atoms with van der Waals surface area (Å²) in [7, 11) is 1.77. The highest BCUT2D eigenvalue weighted by atomic mass is 32.2. The van der Waals surface area contributed by atoms with Crippen LogP contribution in [0.1, 0.15) is 66.2 Å². The predicted molar refractivity (Wildman–Crippen MR) is 145 cm³/mol. The molecule has 3 heterocycles. The summed E-state index contributed by atoms with van der Waals surface area (Å²) >= 11 is 1.72. The van der Waals surface area contributed by atoms with Crippen molar-refractivity contribution < 1.29 is 19.5 Å². The van der Waals surface area contributed by atoms with Crippen LogP contribution in [0.4, 0.5) is 0 Å². The smallest absolute Gasteiger partial charge is 0.247 e. The van der Waals surface area contributed by atoms with Gasteiger partial charge in [-0.1, -0.05) is 25.0 Å². The van der Waals surface area contributed by atoms with E-state index in [0.29, 0.717) is 19.6 Å². The topological polar surface area (TPSA) is 81.2 Å². The van der Waals surface area contributed by atoms with Crippen molar-refractivity contribution >= 4 is 29.5 Å². The fourth-order valence-corrected chi connectivity index (χ4v) is 8.91. The molecule has 0 aromatic rings. The minimum absolute atomic E-state index is 0.0282. The molecule has 0 aromatic carbocycles. The van der Waals surface area contributed by atoms with Gasteiger partial charge >= 0.3 is 0 Å². The van der Waals surface area contributed by atoms with Gasteiger partial charge in [-0.05, 0) is 53.4 Å². The summed E-state index contributed by atoms with van der Waals surface area (Å²) in [5.74, 6) is -1.08. The van der Waals surface area contributed by atoms with Crippen molar-refractivity contribution in [2.24, 2.45) is 11.8 Å². The molecule has 3 aliphatic rings. The van der Waals surface area contributed by atoms with Gasteiger partial charge in [-0.15, -0.1) is 24.9 Å². The number of carbonyl (C=O) groups is 3. The summed E-state index contributed by atoms with van der Waals surface area (Å²) in [4.78, 5) is 47.5. The Kier molecular flexibility index (Phi) is 8.71. The van der Waals surface area contributed by atoms with Gasteiger partial charge in [-0.2, -0.15) is 0 Å². The number of aliphatic hydroxyl groups excluding tert-OH is 1. The van der Waals surface area contributed by atoms with Gasteiger partial charge in [-0.3, -0.25) is 14.4 Å². The van der Waals surface area contributed by atoms with E-state index < -0.39 is 28.2 Å². The van der Waals surface area contributed by atoms with E-state index in [9.17, 15) is 14.4 Å². The van der Waals surface area contributed by atoms with Crippen molar-refractivity contribution in [3.8, 4) is 0 Å². The summed E-state index contributed by atoms with van der Waals surface area (Å²) in [6.07, 6.45) is 8.28. The Balaban J connectivity index is 2.03. The molecular weight excluding hydrogens is 474 g/mol. The van der Waals surface area contributed by atoms with Gasteiger partial charge in [0.25, 0.3) is 0 Å². The van der Waals surface area contributed by atoms with Crippen LogP contribution >= 0.6 is 11.8 Å². The maximum Gasteiger partial charge on any atom is 0.247 e. The lowest BCUT2D eigenvalue weighted by Gasteiger charge is -2.42. The lowest BCUT2D eigenvalue weighted by atomic mass is 9.66. The molecule has 3 saturated heterocycles. The largest absolute Gasteiger partial charge is 0.396 e. The average molecular weight is 520 g/mol. The maximum absolute atomic E-state index is 14.3. The molecule has 1 N–H and O–H groups in total. The maximum atomic E-state index is 14.3. The van der Waals surface area contributed by atoms with Gasteiger partial charge in [0.1, 0.15) is 6.04 Å². The molecule has 5 atom stereocenters.